The van der Waals surface area contributed by atoms with E-state index in [-0.39, 0.29) is 10.3 Å². The van der Waals surface area contributed by atoms with Gasteiger partial charge in [-0.2, -0.15) is 0 Å². The number of sulfonamides is 1. The highest BCUT2D eigenvalue weighted by Crippen LogP contribution is 2.51. The summed E-state index contributed by atoms with van der Waals surface area (Å²) >= 11 is 5.97. The monoisotopic (exact) mass is 302 g/mol. The average molecular weight is 303 g/mol. The van der Waals surface area contributed by atoms with Crippen LogP contribution in [0.1, 0.15) is 25.8 Å². The molecule has 0 aliphatic heterocycles. The minimum atomic E-state index is -3.54. The van der Waals surface area contributed by atoms with Crippen LogP contribution < -0.4 is 10.5 Å². The van der Waals surface area contributed by atoms with Crippen LogP contribution in [0.4, 0.5) is 5.69 Å². The molecule has 1 fully saturated rings. The Balaban J connectivity index is 2.16. The van der Waals surface area contributed by atoms with E-state index in [1.54, 1.807) is 6.92 Å². The van der Waals surface area contributed by atoms with E-state index in [0.29, 0.717) is 28.7 Å². The fourth-order valence-electron chi connectivity index (χ4n) is 2.05. The van der Waals surface area contributed by atoms with Gasteiger partial charge in [0.25, 0.3) is 0 Å². The minimum absolute atomic E-state index is 0.124. The number of anilines is 1. The van der Waals surface area contributed by atoms with Crippen LogP contribution in [0, 0.1) is 18.3 Å². The van der Waals surface area contributed by atoms with E-state index < -0.39 is 10.0 Å². The molecule has 1 aliphatic carbocycles. The molecule has 1 saturated carbocycles. The van der Waals surface area contributed by atoms with E-state index in [0.717, 1.165) is 6.42 Å². The Morgan fingerprint density at radius 1 is 1.47 bits per heavy atom. The normalized spacial score (nSPS) is 21.4. The van der Waals surface area contributed by atoms with E-state index >= 15 is 0 Å². The fourth-order valence-corrected chi connectivity index (χ4v) is 3.48. The third kappa shape index (κ3) is 3.04. The first-order valence-electron chi connectivity index (χ1n) is 6.19. The van der Waals surface area contributed by atoms with Crippen LogP contribution in [-0.4, -0.2) is 15.0 Å². The number of benzene rings is 1. The maximum absolute atomic E-state index is 12.2. The number of hydrogen-bond acceptors (Lipinski definition) is 3. The molecule has 0 heterocycles. The number of hydrogen-bond donors (Lipinski definition) is 2. The quantitative estimate of drug-likeness (QED) is 0.840. The third-order valence-corrected chi connectivity index (χ3v) is 5.70. The number of rotatable bonds is 4. The van der Waals surface area contributed by atoms with E-state index in [2.05, 4.69) is 18.6 Å². The van der Waals surface area contributed by atoms with Crippen molar-refractivity contribution < 1.29 is 8.42 Å². The summed E-state index contributed by atoms with van der Waals surface area (Å²) in [6, 6.07) is 2.88. The molecule has 0 radical (unpaired) electrons. The van der Waals surface area contributed by atoms with Crippen LogP contribution in [-0.2, 0) is 10.0 Å². The average Bonchev–Trinajstić information content (AvgIpc) is 2.91. The third-order valence-electron chi connectivity index (χ3n) is 3.91. The fraction of sp³-hybridized carbons (Fsp3) is 0.538. The van der Waals surface area contributed by atoms with E-state index in [1.165, 1.54) is 12.1 Å². The molecule has 1 aromatic rings. The van der Waals surface area contributed by atoms with Crippen molar-refractivity contribution in [1.29, 1.82) is 0 Å². The zero-order valence-electron chi connectivity index (χ0n) is 11.3. The van der Waals surface area contributed by atoms with Crippen molar-refractivity contribution in [2.75, 3.05) is 12.3 Å². The van der Waals surface area contributed by atoms with Crippen molar-refractivity contribution in [3.05, 3.63) is 22.7 Å². The van der Waals surface area contributed by atoms with Crippen molar-refractivity contribution in [1.82, 2.24) is 4.72 Å². The maximum Gasteiger partial charge on any atom is 0.240 e. The molecule has 19 heavy (non-hydrogen) atoms. The molecule has 1 atom stereocenters. The zero-order valence-corrected chi connectivity index (χ0v) is 12.9. The Kier molecular flexibility index (Phi) is 3.58. The van der Waals surface area contributed by atoms with E-state index in [9.17, 15) is 8.42 Å². The van der Waals surface area contributed by atoms with Gasteiger partial charge in [-0.3, -0.25) is 0 Å². The first-order valence-corrected chi connectivity index (χ1v) is 8.05. The van der Waals surface area contributed by atoms with E-state index in [4.69, 9.17) is 17.3 Å². The zero-order chi connectivity index (χ0) is 14.4. The Bertz CT molecular complexity index is 588. The molecule has 6 heteroatoms. The molecule has 0 spiro atoms. The van der Waals surface area contributed by atoms with Gasteiger partial charge in [0.15, 0.2) is 0 Å². The van der Waals surface area contributed by atoms with Crippen molar-refractivity contribution in [3.8, 4) is 0 Å². The Morgan fingerprint density at radius 2 is 2.05 bits per heavy atom. The molecule has 106 valence electrons. The van der Waals surface area contributed by atoms with Crippen LogP contribution in [0.2, 0.25) is 5.02 Å². The molecular weight excluding hydrogens is 284 g/mol. The largest absolute Gasteiger partial charge is 0.398 e. The van der Waals surface area contributed by atoms with Gasteiger partial charge in [-0.05, 0) is 42.4 Å². The molecule has 0 aromatic heterocycles. The van der Waals surface area contributed by atoms with Crippen LogP contribution in [0.3, 0.4) is 0 Å². The lowest BCUT2D eigenvalue weighted by Crippen LogP contribution is -2.27. The lowest BCUT2D eigenvalue weighted by atomic mass is 10.1. The van der Waals surface area contributed by atoms with Gasteiger partial charge in [0.1, 0.15) is 0 Å². The molecule has 3 N–H and O–H groups in total. The predicted molar refractivity (Wildman–Crippen MR) is 77.7 cm³/mol. The van der Waals surface area contributed by atoms with Gasteiger partial charge in [0.2, 0.25) is 10.0 Å². The second-order valence-corrected chi connectivity index (χ2v) is 8.04. The molecule has 2 rings (SSSR count). The van der Waals surface area contributed by atoms with Gasteiger partial charge in [0.05, 0.1) is 4.90 Å². The SMILES string of the molecule is Cc1c(N)cc(S(=O)(=O)NCC2CC2(C)C)cc1Cl. The summed E-state index contributed by atoms with van der Waals surface area (Å²) in [5.41, 5.74) is 7.08. The van der Waals surface area contributed by atoms with Crippen LogP contribution in [0.15, 0.2) is 17.0 Å². The van der Waals surface area contributed by atoms with Crippen molar-refractivity contribution in [2.45, 2.75) is 32.1 Å². The molecule has 1 aliphatic rings. The summed E-state index contributed by atoms with van der Waals surface area (Å²) in [4.78, 5) is 0.124. The predicted octanol–water partition coefficient (Wildman–Crippen LogP) is 2.56. The minimum Gasteiger partial charge on any atom is -0.398 e. The molecule has 1 aromatic carbocycles. The summed E-state index contributed by atoms with van der Waals surface area (Å²) in [5, 5.41) is 0.368. The first-order chi connectivity index (χ1) is 8.63. The Morgan fingerprint density at radius 3 is 2.53 bits per heavy atom. The van der Waals surface area contributed by atoms with Crippen molar-refractivity contribution in [3.63, 3.8) is 0 Å². The van der Waals surface area contributed by atoms with E-state index in [1.807, 2.05) is 0 Å². The van der Waals surface area contributed by atoms with Gasteiger partial charge >= 0.3 is 0 Å². The summed E-state index contributed by atoms with van der Waals surface area (Å²) in [7, 11) is -3.54. The molecule has 0 saturated heterocycles. The highest BCUT2D eigenvalue weighted by atomic mass is 35.5. The number of halogens is 1. The summed E-state index contributed by atoms with van der Waals surface area (Å²) in [5.74, 6) is 0.403. The smallest absolute Gasteiger partial charge is 0.240 e. The molecular formula is C13H19ClN2O2S. The molecule has 4 nitrogen and oxygen atoms in total. The maximum atomic E-state index is 12.2. The van der Waals surface area contributed by atoms with Gasteiger partial charge in [-0.15, -0.1) is 0 Å². The van der Waals surface area contributed by atoms with Gasteiger partial charge < -0.3 is 5.73 Å². The topological polar surface area (TPSA) is 72.2 Å². The second-order valence-electron chi connectivity index (χ2n) is 5.86. The molecule has 0 amide bonds. The van der Waals surface area contributed by atoms with Gasteiger partial charge in [-0.25, -0.2) is 13.1 Å². The lowest BCUT2D eigenvalue weighted by molar-refractivity contribution is 0.537. The van der Waals surface area contributed by atoms with Crippen molar-refractivity contribution in [2.24, 2.45) is 11.3 Å². The van der Waals surface area contributed by atoms with Gasteiger partial charge in [0, 0.05) is 17.3 Å². The number of nitrogens with one attached hydrogen (secondary N) is 1. The lowest BCUT2D eigenvalue weighted by Gasteiger charge is -2.10. The van der Waals surface area contributed by atoms with Gasteiger partial charge in [-0.1, -0.05) is 25.4 Å². The summed E-state index contributed by atoms with van der Waals surface area (Å²) in [6.07, 6.45) is 1.05. The highest BCUT2D eigenvalue weighted by Gasteiger charge is 2.45. The number of nitrogen functional groups attached to an aromatic ring is 1. The molecule has 0 bridgehead atoms. The Labute approximate surface area is 119 Å². The Hall–Kier alpha value is -0.780. The summed E-state index contributed by atoms with van der Waals surface area (Å²) < 4.78 is 27.0. The van der Waals surface area contributed by atoms with Crippen LogP contribution in [0.5, 0.6) is 0 Å². The number of nitrogens with two attached hydrogens (primary N) is 1. The van der Waals surface area contributed by atoms with Crippen LogP contribution in [0.25, 0.3) is 0 Å². The molecule has 1 unspecified atom stereocenters. The summed E-state index contributed by atoms with van der Waals surface area (Å²) in [6.45, 7) is 6.48. The standard InChI is InChI=1S/C13H19ClN2O2S/c1-8-11(14)4-10(5-12(8)15)19(17,18)16-7-9-6-13(9,2)3/h4-5,9,16H,6-7,15H2,1-3H3. The van der Waals surface area contributed by atoms with Crippen LogP contribution >= 0.6 is 11.6 Å². The van der Waals surface area contributed by atoms with Crippen molar-refractivity contribution >= 4 is 27.3 Å². The second kappa shape index (κ2) is 4.65. The first kappa shape index (κ1) is 14.6. The highest BCUT2D eigenvalue weighted by molar-refractivity contribution is 7.89.